The molecule has 3 rings (SSSR count). The van der Waals surface area contributed by atoms with Crippen LogP contribution < -0.4 is 10.6 Å². The predicted molar refractivity (Wildman–Crippen MR) is 94.9 cm³/mol. The summed E-state index contributed by atoms with van der Waals surface area (Å²) in [6, 6.07) is 7.73. The molecule has 1 aromatic heterocycles. The predicted octanol–water partition coefficient (Wildman–Crippen LogP) is 4.42. The van der Waals surface area contributed by atoms with Gasteiger partial charge in [-0.05, 0) is 59.5 Å². The Morgan fingerprint density at radius 2 is 2.19 bits per heavy atom. The Morgan fingerprint density at radius 1 is 1.43 bits per heavy atom. The van der Waals surface area contributed by atoms with Gasteiger partial charge in [-0.25, -0.2) is 0 Å². The van der Waals surface area contributed by atoms with E-state index in [2.05, 4.69) is 15.9 Å². The number of benzene rings is 1. The molecule has 112 valence electrons. The molecule has 1 aliphatic heterocycles. The van der Waals surface area contributed by atoms with Crippen LogP contribution in [0.3, 0.4) is 0 Å². The summed E-state index contributed by atoms with van der Waals surface area (Å²) in [5.74, 6) is 0.0489. The van der Waals surface area contributed by atoms with E-state index in [0.717, 1.165) is 50.6 Å². The van der Waals surface area contributed by atoms with Crippen LogP contribution in [0.15, 0.2) is 28.1 Å². The van der Waals surface area contributed by atoms with Gasteiger partial charge in [0.15, 0.2) is 0 Å². The number of nitrogen functional groups attached to an aromatic ring is 1. The van der Waals surface area contributed by atoms with Gasteiger partial charge < -0.3 is 10.6 Å². The van der Waals surface area contributed by atoms with Gasteiger partial charge in [0.2, 0.25) is 0 Å². The first kappa shape index (κ1) is 16.3. The lowest BCUT2D eigenvalue weighted by molar-refractivity contribution is 0.0985. The lowest BCUT2D eigenvalue weighted by Gasteiger charge is -2.30. The van der Waals surface area contributed by atoms with Crippen molar-refractivity contribution in [3.8, 4) is 0 Å². The Hall–Kier alpha value is -1.04. The van der Waals surface area contributed by atoms with Crippen LogP contribution in [0, 0.1) is 6.92 Å². The van der Waals surface area contributed by atoms with E-state index < -0.39 is 0 Å². The van der Waals surface area contributed by atoms with Crippen molar-refractivity contribution in [2.75, 3.05) is 17.2 Å². The third kappa shape index (κ3) is 2.96. The van der Waals surface area contributed by atoms with Gasteiger partial charge in [-0.2, -0.15) is 0 Å². The zero-order valence-electron chi connectivity index (χ0n) is 11.6. The molecule has 0 aliphatic carbocycles. The summed E-state index contributed by atoms with van der Waals surface area (Å²) in [6.07, 6.45) is 1.89. The van der Waals surface area contributed by atoms with E-state index in [1.807, 2.05) is 36.1 Å². The minimum atomic E-state index is 0. The van der Waals surface area contributed by atoms with E-state index in [9.17, 15) is 4.79 Å². The summed E-state index contributed by atoms with van der Waals surface area (Å²) in [5, 5.41) is 0. The minimum Gasteiger partial charge on any atom is -0.398 e. The second-order valence-electron chi connectivity index (χ2n) is 4.95. The molecule has 6 heteroatoms. The van der Waals surface area contributed by atoms with E-state index >= 15 is 0 Å². The van der Waals surface area contributed by atoms with Gasteiger partial charge in [0.05, 0.1) is 9.35 Å². The van der Waals surface area contributed by atoms with Crippen molar-refractivity contribution in [3.63, 3.8) is 0 Å². The molecular formula is C15H16BrClN2OS. The maximum absolute atomic E-state index is 12.8. The molecule has 2 aromatic rings. The van der Waals surface area contributed by atoms with Crippen molar-refractivity contribution >= 4 is 57.0 Å². The average molecular weight is 388 g/mol. The second-order valence-corrected chi connectivity index (χ2v) is 7.52. The molecule has 3 nitrogen and oxygen atoms in total. The molecule has 21 heavy (non-hydrogen) atoms. The molecule has 1 aliphatic rings. The third-order valence-electron chi connectivity index (χ3n) is 3.57. The highest BCUT2D eigenvalue weighted by molar-refractivity contribution is 9.11. The summed E-state index contributed by atoms with van der Waals surface area (Å²) < 4.78 is 0.899. The highest BCUT2D eigenvalue weighted by Gasteiger charge is 2.26. The number of hydrogen-bond donors (Lipinski definition) is 1. The first-order chi connectivity index (χ1) is 9.58. The number of rotatable bonds is 1. The molecule has 2 heterocycles. The van der Waals surface area contributed by atoms with Crippen molar-refractivity contribution in [2.24, 2.45) is 0 Å². The molecular weight excluding hydrogens is 372 g/mol. The molecule has 0 atom stereocenters. The first-order valence-corrected chi connectivity index (χ1v) is 8.14. The first-order valence-electron chi connectivity index (χ1n) is 6.53. The number of hydrogen-bond acceptors (Lipinski definition) is 3. The van der Waals surface area contributed by atoms with Crippen molar-refractivity contribution in [2.45, 2.75) is 19.8 Å². The van der Waals surface area contributed by atoms with Crippen LogP contribution in [0.4, 0.5) is 11.4 Å². The van der Waals surface area contributed by atoms with E-state index in [4.69, 9.17) is 5.73 Å². The van der Waals surface area contributed by atoms with Crippen LogP contribution in [-0.4, -0.2) is 12.5 Å². The quantitative estimate of drug-likeness (QED) is 0.736. The Balaban J connectivity index is 0.00000161. The van der Waals surface area contributed by atoms with E-state index in [1.54, 1.807) is 11.3 Å². The molecule has 0 spiro atoms. The molecule has 1 amide bonds. The molecule has 2 N–H and O–H groups in total. The number of fused-ring (bicyclic) bond motifs is 1. The van der Waals surface area contributed by atoms with Gasteiger partial charge >= 0.3 is 0 Å². The minimum absolute atomic E-state index is 0. The van der Waals surface area contributed by atoms with Gasteiger partial charge in [-0.15, -0.1) is 23.7 Å². The number of amides is 1. The summed E-state index contributed by atoms with van der Waals surface area (Å²) in [5.41, 5.74) is 9.60. The number of carbonyl (C=O) groups excluding carboxylic acids is 1. The maximum atomic E-state index is 12.8. The summed E-state index contributed by atoms with van der Waals surface area (Å²) >= 11 is 5.08. The monoisotopic (exact) mass is 386 g/mol. The molecule has 0 unspecified atom stereocenters. The number of aryl methyl sites for hydroxylation is 1. The fourth-order valence-corrected chi connectivity index (χ4v) is 4.41. The van der Waals surface area contributed by atoms with Crippen LogP contribution in [0.1, 0.15) is 27.2 Å². The number of halogens is 2. The lowest BCUT2D eigenvalue weighted by atomic mass is 9.99. The summed E-state index contributed by atoms with van der Waals surface area (Å²) in [6.45, 7) is 2.75. The smallest absolute Gasteiger partial charge is 0.260 e. The molecule has 0 fully saturated rings. The van der Waals surface area contributed by atoms with Gasteiger partial charge in [0.25, 0.3) is 5.91 Å². The van der Waals surface area contributed by atoms with E-state index in [-0.39, 0.29) is 18.3 Å². The van der Waals surface area contributed by atoms with Crippen molar-refractivity contribution in [3.05, 3.63) is 44.1 Å². The largest absolute Gasteiger partial charge is 0.398 e. The zero-order valence-corrected chi connectivity index (χ0v) is 14.8. The number of thiophene rings is 1. The second kappa shape index (κ2) is 6.38. The molecule has 0 saturated heterocycles. The topological polar surface area (TPSA) is 46.3 Å². The Morgan fingerprint density at radius 3 is 2.86 bits per heavy atom. The average Bonchev–Trinajstić information content (AvgIpc) is 2.77. The van der Waals surface area contributed by atoms with Crippen LogP contribution in [0.5, 0.6) is 0 Å². The van der Waals surface area contributed by atoms with E-state index in [0.29, 0.717) is 0 Å². The van der Waals surface area contributed by atoms with Gasteiger partial charge in [-0.1, -0.05) is 6.07 Å². The fourth-order valence-electron chi connectivity index (χ4n) is 2.64. The summed E-state index contributed by atoms with van der Waals surface area (Å²) in [4.78, 5) is 15.7. The highest BCUT2D eigenvalue weighted by atomic mass is 79.9. The molecule has 0 bridgehead atoms. The van der Waals surface area contributed by atoms with Crippen LogP contribution in [-0.2, 0) is 6.42 Å². The zero-order chi connectivity index (χ0) is 14.3. The van der Waals surface area contributed by atoms with Gasteiger partial charge in [0, 0.05) is 22.8 Å². The molecule has 0 saturated carbocycles. The summed E-state index contributed by atoms with van der Waals surface area (Å²) in [7, 11) is 0. The maximum Gasteiger partial charge on any atom is 0.260 e. The van der Waals surface area contributed by atoms with Crippen LogP contribution in [0.25, 0.3) is 0 Å². The molecule has 0 radical (unpaired) electrons. The van der Waals surface area contributed by atoms with Gasteiger partial charge in [-0.3, -0.25) is 4.79 Å². The standard InChI is InChI=1S/C15H15BrN2OS.ClH/c1-9-8-11(14(16)20-9)15(19)18-7-3-4-10-12(17)5-2-6-13(10)18;/h2,5-6,8H,3-4,7,17H2,1H3;1H. The Labute approximate surface area is 142 Å². The Bertz CT molecular complexity index is 686. The van der Waals surface area contributed by atoms with Crippen molar-refractivity contribution < 1.29 is 4.79 Å². The SMILES string of the molecule is Cc1cc(C(=O)N2CCCc3c(N)cccc32)c(Br)s1.Cl. The normalized spacial score (nSPS) is 13.5. The number of anilines is 2. The fraction of sp³-hybridized carbons (Fsp3) is 0.267. The number of nitrogens with two attached hydrogens (primary N) is 1. The van der Waals surface area contributed by atoms with E-state index in [1.165, 1.54) is 0 Å². The highest BCUT2D eigenvalue weighted by Crippen LogP contribution is 2.35. The number of carbonyl (C=O) groups is 1. The van der Waals surface area contributed by atoms with Crippen molar-refractivity contribution in [1.29, 1.82) is 0 Å². The van der Waals surface area contributed by atoms with Crippen LogP contribution >= 0.6 is 39.7 Å². The third-order valence-corrected chi connectivity index (χ3v) is 5.32. The number of nitrogens with zero attached hydrogens (tertiary/aromatic N) is 1. The van der Waals surface area contributed by atoms with Crippen LogP contribution in [0.2, 0.25) is 0 Å². The van der Waals surface area contributed by atoms with Crippen molar-refractivity contribution in [1.82, 2.24) is 0 Å². The molecule has 1 aromatic carbocycles. The lowest BCUT2D eigenvalue weighted by Crippen LogP contribution is -2.35. The van der Waals surface area contributed by atoms with Gasteiger partial charge in [0.1, 0.15) is 0 Å². The Kier molecular flexibility index (Phi) is 4.96.